The molecule has 0 heteroatoms. The van der Waals surface area contributed by atoms with Crippen LogP contribution in [0.4, 0.5) is 0 Å². The fourth-order valence-electron chi connectivity index (χ4n) is 6.93. The first-order valence-corrected chi connectivity index (χ1v) is 12.4. The van der Waals surface area contributed by atoms with Gasteiger partial charge in [0.05, 0.1) is 0 Å². The monoisotopic (exact) mass is 396 g/mol. The summed E-state index contributed by atoms with van der Waals surface area (Å²) in [6.45, 7) is 0. The van der Waals surface area contributed by atoms with Crippen molar-refractivity contribution in [3.05, 3.63) is 95.1 Å². The van der Waals surface area contributed by atoms with Crippen molar-refractivity contribution >= 4 is 0 Å². The third-order valence-electron chi connectivity index (χ3n) is 8.18. The molecule has 0 aromatic heterocycles. The van der Waals surface area contributed by atoms with Crippen LogP contribution >= 0.6 is 0 Å². The first-order chi connectivity index (χ1) is 14.9. The van der Waals surface area contributed by atoms with E-state index < -0.39 is 0 Å². The van der Waals surface area contributed by atoms with Gasteiger partial charge in [-0.2, -0.15) is 0 Å². The highest BCUT2D eigenvalue weighted by molar-refractivity contribution is 5.71. The normalized spacial score (nSPS) is 33.2. The highest BCUT2D eigenvalue weighted by Crippen LogP contribution is 2.70. The van der Waals surface area contributed by atoms with E-state index in [0.717, 1.165) is 0 Å². The molecule has 3 aliphatic rings. The van der Waals surface area contributed by atoms with Gasteiger partial charge in [0.2, 0.25) is 0 Å². The van der Waals surface area contributed by atoms with Crippen LogP contribution in [-0.2, 0) is 10.8 Å². The van der Waals surface area contributed by atoms with E-state index in [2.05, 4.69) is 72.8 Å². The molecule has 0 aliphatic heterocycles. The molecule has 0 unspecified atom stereocenters. The predicted molar refractivity (Wildman–Crippen MR) is 128 cm³/mol. The highest BCUT2D eigenvalue weighted by Gasteiger charge is 2.65. The molecule has 2 aromatic carbocycles. The van der Waals surface area contributed by atoms with E-state index in [9.17, 15) is 0 Å². The lowest BCUT2D eigenvalue weighted by molar-refractivity contribution is 0.192. The molecule has 0 N–H and O–H groups in total. The minimum Gasteiger partial charge on any atom is -0.0801 e. The molecule has 0 radical (unpaired) electrons. The topological polar surface area (TPSA) is 0 Å². The smallest absolute Gasteiger partial charge is 0.0339 e. The molecule has 3 aliphatic carbocycles. The molecule has 0 amide bonds. The predicted octanol–water partition coefficient (Wildman–Crippen LogP) is 8.44. The van der Waals surface area contributed by atoms with E-state index in [1.807, 2.05) is 0 Å². The van der Waals surface area contributed by atoms with Crippen LogP contribution in [0.15, 0.2) is 84.0 Å². The Bertz CT molecular complexity index is 826. The minimum absolute atomic E-state index is 0.135. The lowest BCUT2D eigenvalue weighted by Crippen LogP contribution is -2.61. The van der Waals surface area contributed by atoms with Crippen molar-refractivity contribution in [2.45, 2.75) is 87.9 Å². The summed E-state index contributed by atoms with van der Waals surface area (Å²) in [5, 5.41) is 0. The molecule has 2 aromatic rings. The molecule has 5 rings (SSSR count). The molecule has 0 nitrogen and oxygen atoms in total. The molecule has 0 bridgehead atoms. The maximum atomic E-state index is 2.66. The lowest BCUT2D eigenvalue weighted by Gasteiger charge is -2.65. The zero-order valence-electron chi connectivity index (χ0n) is 18.4. The summed E-state index contributed by atoms with van der Waals surface area (Å²) in [4.78, 5) is 0. The first kappa shape index (κ1) is 19.9. The molecule has 1 fully saturated rings. The van der Waals surface area contributed by atoms with Gasteiger partial charge in [-0.15, -0.1) is 0 Å². The van der Waals surface area contributed by atoms with Crippen molar-refractivity contribution in [2.24, 2.45) is 0 Å². The van der Waals surface area contributed by atoms with Gasteiger partial charge >= 0.3 is 0 Å². The second-order valence-electron chi connectivity index (χ2n) is 9.68. The van der Waals surface area contributed by atoms with E-state index in [-0.39, 0.29) is 10.8 Å². The van der Waals surface area contributed by atoms with Gasteiger partial charge in [-0.25, -0.2) is 0 Å². The SMILES string of the molecule is C1=C2/C3=C/CCCCCC[C@]3(c3ccccc3)[C@@]2(c2ccccc2)CCCCCC/1. The molecule has 2 atom stereocenters. The summed E-state index contributed by atoms with van der Waals surface area (Å²) in [6, 6.07) is 23.2. The van der Waals surface area contributed by atoms with Crippen molar-refractivity contribution in [3.63, 3.8) is 0 Å². The minimum atomic E-state index is 0.135. The number of hydrogen-bond acceptors (Lipinski definition) is 0. The second kappa shape index (κ2) is 8.58. The van der Waals surface area contributed by atoms with Gasteiger partial charge in [0.25, 0.3) is 0 Å². The van der Waals surface area contributed by atoms with Gasteiger partial charge in [-0.1, -0.05) is 111 Å². The van der Waals surface area contributed by atoms with Crippen LogP contribution in [0, 0.1) is 0 Å². The maximum Gasteiger partial charge on any atom is 0.0339 e. The Hall–Kier alpha value is -2.08. The summed E-state index contributed by atoms with van der Waals surface area (Å²) >= 11 is 0. The van der Waals surface area contributed by atoms with E-state index in [4.69, 9.17) is 0 Å². The molecular weight excluding hydrogens is 360 g/mol. The molecule has 156 valence electrons. The summed E-state index contributed by atoms with van der Waals surface area (Å²) < 4.78 is 0. The Kier molecular flexibility index (Phi) is 5.68. The first-order valence-electron chi connectivity index (χ1n) is 12.4. The van der Waals surface area contributed by atoms with Gasteiger partial charge in [0, 0.05) is 10.8 Å². The number of allylic oxidation sites excluding steroid dienone is 4. The average Bonchev–Trinajstić information content (AvgIpc) is 2.95. The lowest BCUT2D eigenvalue weighted by atomic mass is 9.37. The largest absolute Gasteiger partial charge is 0.0801 e. The Morgan fingerprint density at radius 2 is 0.833 bits per heavy atom. The van der Waals surface area contributed by atoms with Crippen LogP contribution in [-0.4, -0.2) is 0 Å². The highest BCUT2D eigenvalue weighted by atomic mass is 14.7. The summed E-state index contributed by atoms with van der Waals surface area (Å²) in [6.07, 6.45) is 21.3. The molecular formula is C30H36. The van der Waals surface area contributed by atoms with Crippen LogP contribution in [0.5, 0.6) is 0 Å². The van der Waals surface area contributed by atoms with Crippen LogP contribution in [0.2, 0.25) is 0 Å². The average molecular weight is 397 g/mol. The third-order valence-corrected chi connectivity index (χ3v) is 8.18. The van der Waals surface area contributed by atoms with Crippen molar-refractivity contribution < 1.29 is 0 Å². The van der Waals surface area contributed by atoms with Crippen LogP contribution in [0.3, 0.4) is 0 Å². The van der Waals surface area contributed by atoms with Gasteiger partial charge in [-0.05, 0) is 60.8 Å². The van der Waals surface area contributed by atoms with Crippen molar-refractivity contribution in [1.29, 1.82) is 0 Å². The maximum absolute atomic E-state index is 2.66. The standard InChI is InChI=1S/C30H36/c1-3-13-21-27-28-22-14-4-2-6-16-24-30(28,26-19-11-8-12-20-26)29(27,23-15-5-1)25-17-9-7-10-18-25/h7-12,17-22H,1-6,13-16,23-24H2/b27-21-,28-22-/t29-,30-/m1/s1. The number of hydrogen-bond donors (Lipinski definition) is 0. The quantitative estimate of drug-likeness (QED) is 0.478. The van der Waals surface area contributed by atoms with E-state index in [0.29, 0.717) is 0 Å². The van der Waals surface area contributed by atoms with Crippen molar-refractivity contribution in [3.8, 4) is 0 Å². The second-order valence-corrected chi connectivity index (χ2v) is 9.68. The Morgan fingerprint density at radius 3 is 1.27 bits per heavy atom. The summed E-state index contributed by atoms with van der Waals surface area (Å²) in [7, 11) is 0. The summed E-state index contributed by atoms with van der Waals surface area (Å²) in [5.74, 6) is 0. The van der Waals surface area contributed by atoms with E-state index in [1.54, 1.807) is 22.3 Å². The van der Waals surface area contributed by atoms with Gasteiger partial charge in [0.15, 0.2) is 0 Å². The molecule has 0 saturated heterocycles. The Morgan fingerprint density at radius 1 is 0.433 bits per heavy atom. The molecule has 0 heterocycles. The fourth-order valence-corrected chi connectivity index (χ4v) is 6.93. The molecule has 1 saturated carbocycles. The van der Waals surface area contributed by atoms with Crippen LogP contribution < -0.4 is 0 Å². The van der Waals surface area contributed by atoms with Crippen molar-refractivity contribution in [2.75, 3.05) is 0 Å². The van der Waals surface area contributed by atoms with Crippen LogP contribution in [0.25, 0.3) is 0 Å². The van der Waals surface area contributed by atoms with Crippen LogP contribution in [0.1, 0.15) is 88.2 Å². The van der Waals surface area contributed by atoms with E-state index in [1.165, 1.54) is 77.0 Å². The van der Waals surface area contributed by atoms with Gasteiger partial charge < -0.3 is 0 Å². The molecule has 30 heavy (non-hydrogen) atoms. The fraction of sp³-hybridized carbons (Fsp3) is 0.467. The van der Waals surface area contributed by atoms with Crippen molar-refractivity contribution in [1.82, 2.24) is 0 Å². The van der Waals surface area contributed by atoms with E-state index >= 15 is 0 Å². The van der Waals surface area contributed by atoms with Gasteiger partial charge in [-0.3, -0.25) is 0 Å². The number of benzene rings is 2. The zero-order valence-corrected chi connectivity index (χ0v) is 18.4. The third kappa shape index (κ3) is 3.03. The zero-order chi connectivity index (χ0) is 20.3. The Labute approximate surface area is 183 Å². The Balaban J connectivity index is 1.79. The van der Waals surface area contributed by atoms with Gasteiger partial charge in [0.1, 0.15) is 0 Å². The molecule has 0 spiro atoms. The number of fused-ring (bicyclic) bond motifs is 4. The summed E-state index contributed by atoms with van der Waals surface area (Å²) in [5.41, 5.74) is 6.74. The number of rotatable bonds is 2.